The van der Waals surface area contributed by atoms with Gasteiger partial charge in [-0.05, 0) is 34.7 Å². The summed E-state index contributed by atoms with van der Waals surface area (Å²) in [5, 5.41) is 0. The van der Waals surface area contributed by atoms with Gasteiger partial charge in [-0.3, -0.25) is 4.90 Å². The van der Waals surface area contributed by atoms with E-state index < -0.39 is 0 Å². The van der Waals surface area contributed by atoms with Crippen molar-refractivity contribution >= 4 is 11.9 Å². The first kappa shape index (κ1) is 14.8. The lowest BCUT2D eigenvalue weighted by Gasteiger charge is -2.42. The number of likely N-dealkylation sites (N-methyl/N-ethyl adjacent to an activating group) is 1. The van der Waals surface area contributed by atoms with Crippen LogP contribution in [-0.2, 0) is 0 Å². The van der Waals surface area contributed by atoms with Crippen LogP contribution >= 0.6 is 0 Å². The van der Waals surface area contributed by atoms with E-state index in [1.165, 1.54) is 0 Å². The third-order valence-electron chi connectivity index (χ3n) is 3.60. The quantitative estimate of drug-likeness (QED) is 0.875. The van der Waals surface area contributed by atoms with Gasteiger partial charge in [0.2, 0.25) is 11.9 Å². The lowest BCUT2D eigenvalue weighted by Crippen LogP contribution is -2.55. The molecular weight excluding hydrogens is 256 g/mol. The van der Waals surface area contributed by atoms with Crippen LogP contribution in [0.1, 0.15) is 27.7 Å². The number of nitrogens with zero attached hydrogens (tertiary/aromatic N) is 5. The molecular formula is C13H24N6O. The number of nitrogens with two attached hydrogens (primary N) is 1. The van der Waals surface area contributed by atoms with E-state index in [1.807, 2.05) is 13.8 Å². The van der Waals surface area contributed by atoms with E-state index in [0.29, 0.717) is 24.0 Å². The molecule has 2 unspecified atom stereocenters. The summed E-state index contributed by atoms with van der Waals surface area (Å²) in [5.41, 5.74) is 5.76. The second-order valence-corrected chi connectivity index (χ2v) is 5.71. The Hall–Kier alpha value is -1.63. The number of hydrogen-bond acceptors (Lipinski definition) is 7. The topological polar surface area (TPSA) is 80.4 Å². The van der Waals surface area contributed by atoms with Crippen LogP contribution in [0.2, 0.25) is 0 Å². The molecule has 1 aliphatic rings. The molecule has 1 saturated heterocycles. The largest absolute Gasteiger partial charge is 0.461 e. The molecule has 2 atom stereocenters. The summed E-state index contributed by atoms with van der Waals surface area (Å²) in [5.74, 6) is 0.796. The molecule has 7 heteroatoms. The second kappa shape index (κ2) is 5.78. The minimum absolute atomic E-state index is 0.00925. The van der Waals surface area contributed by atoms with Crippen LogP contribution in [-0.4, -0.2) is 58.2 Å². The van der Waals surface area contributed by atoms with Crippen LogP contribution in [0.4, 0.5) is 11.9 Å². The minimum atomic E-state index is 0.00925. The number of aromatic nitrogens is 3. The highest BCUT2D eigenvalue weighted by Gasteiger charge is 2.28. The van der Waals surface area contributed by atoms with E-state index in [0.717, 1.165) is 13.1 Å². The Kier molecular flexibility index (Phi) is 4.27. The van der Waals surface area contributed by atoms with Gasteiger partial charge in [0.15, 0.2) is 0 Å². The molecule has 1 aromatic heterocycles. The maximum absolute atomic E-state index is 5.76. The van der Waals surface area contributed by atoms with Gasteiger partial charge in [0.25, 0.3) is 0 Å². The molecule has 0 aromatic carbocycles. The van der Waals surface area contributed by atoms with E-state index in [2.05, 4.69) is 45.6 Å². The third-order valence-corrected chi connectivity index (χ3v) is 3.60. The molecule has 1 aromatic rings. The molecule has 2 heterocycles. The number of ether oxygens (including phenoxy) is 1. The summed E-state index contributed by atoms with van der Waals surface area (Å²) in [6, 6.07) is 1.17. The van der Waals surface area contributed by atoms with E-state index in [-0.39, 0.29) is 12.1 Å². The minimum Gasteiger partial charge on any atom is -0.461 e. The van der Waals surface area contributed by atoms with Crippen molar-refractivity contribution in [1.82, 2.24) is 19.9 Å². The zero-order valence-corrected chi connectivity index (χ0v) is 12.9. The summed E-state index contributed by atoms with van der Waals surface area (Å²) in [6.45, 7) is 9.98. The zero-order valence-electron chi connectivity index (χ0n) is 12.9. The molecule has 1 fully saturated rings. The molecule has 112 valence electrons. The van der Waals surface area contributed by atoms with Gasteiger partial charge in [0.1, 0.15) is 0 Å². The number of rotatable bonds is 3. The van der Waals surface area contributed by atoms with Gasteiger partial charge >= 0.3 is 6.01 Å². The molecule has 0 spiro atoms. The van der Waals surface area contributed by atoms with E-state index in [4.69, 9.17) is 10.5 Å². The van der Waals surface area contributed by atoms with Gasteiger partial charge in [-0.25, -0.2) is 0 Å². The molecule has 20 heavy (non-hydrogen) atoms. The van der Waals surface area contributed by atoms with Crippen molar-refractivity contribution in [2.24, 2.45) is 0 Å². The Morgan fingerprint density at radius 3 is 2.30 bits per heavy atom. The standard InChI is InChI=1S/C13H24N6O/c1-8(2)20-13-16-11(14)15-12(17-13)19-6-9(3)18(5)10(4)7-19/h8-10H,6-7H2,1-5H3,(H2,14,15,16,17). The van der Waals surface area contributed by atoms with Crippen molar-refractivity contribution in [3.8, 4) is 6.01 Å². The fraction of sp³-hybridized carbons (Fsp3) is 0.769. The Morgan fingerprint density at radius 1 is 1.15 bits per heavy atom. The molecule has 2 rings (SSSR count). The lowest BCUT2D eigenvalue weighted by atomic mass is 10.1. The first-order valence-electron chi connectivity index (χ1n) is 7.02. The molecule has 7 nitrogen and oxygen atoms in total. The fourth-order valence-electron chi connectivity index (χ4n) is 2.33. The van der Waals surface area contributed by atoms with Gasteiger partial charge in [-0.15, -0.1) is 0 Å². The number of nitrogen functional groups attached to an aromatic ring is 1. The van der Waals surface area contributed by atoms with Gasteiger partial charge in [-0.2, -0.15) is 15.0 Å². The van der Waals surface area contributed by atoms with E-state index >= 15 is 0 Å². The molecule has 0 aliphatic carbocycles. The molecule has 0 bridgehead atoms. The first-order valence-corrected chi connectivity index (χ1v) is 7.02. The van der Waals surface area contributed by atoms with Crippen LogP contribution in [0.15, 0.2) is 0 Å². The lowest BCUT2D eigenvalue weighted by molar-refractivity contribution is 0.168. The van der Waals surface area contributed by atoms with Crippen molar-refractivity contribution in [3.63, 3.8) is 0 Å². The smallest absolute Gasteiger partial charge is 0.323 e. The van der Waals surface area contributed by atoms with Crippen molar-refractivity contribution in [2.75, 3.05) is 30.8 Å². The SMILES string of the molecule is CC(C)Oc1nc(N)nc(N2CC(C)N(C)C(C)C2)n1. The van der Waals surface area contributed by atoms with Crippen molar-refractivity contribution in [1.29, 1.82) is 0 Å². The normalized spacial score (nSPS) is 24.2. The average molecular weight is 280 g/mol. The molecule has 2 N–H and O–H groups in total. The molecule has 0 radical (unpaired) electrons. The zero-order chi connectivity index (χ0) is 14.9. The summed E-state index contributed by atoms with van der Waals surface area (Å²) >= 11 is 0. The highest BCUT2D eigenvalue weighted by Crippen LogP contribution is 2.20. The Morgan fingerprint density at radius 2 is 1.75 bits per heavy atom. The van der Waals surface area contributed by atoms with Gasteiger partial charge < -0.3 is 15.4 Å². The predicted octanol–water partition coefficient (Wildman–Crippen LogP) is 0.770. The number of anilines is 2. The predicted molar refractivity (Wildman–Crippen MR) is 78.9 cm³/mol. The third kappa shape index (κ3) is 3.27. The number of piperazine rings is 1. The fourth-order valence-corrected chi connectivity index (χ4v) is 2.33. The van der Waals surface area contributed by atoms with E-state index in [1.54, 1.807) is 0 Å². The monoisotopic (exact) mass is 280 g/mol. The molecule has 0 saturated carbocycles. The van der Waals surface area contributed by atoms with Crippen molar-refractivity contribution in [3.05, 3.63) is 0 Å². The molecule has 0 amide bonds. The summed E-state index contributed by atoms with van der Waals surface area (Å²) < 4.78 is 5.52. The highest BCUT2D eigenvalue weighted by atomic mass is 16.5. The van der Waals surface area contributed by atoms with Gasteiger partial charge in [0, 0.05) is 25.2 Å². The maximum atomic E-state index is 5.76. The Balaban J connectivity index is 2.21. The molecule has 1 aliphatic heterocycles. The first-order chi connectivity index (χ1) is 9.36. The van der Waals surface area contributed by atoms with Crippen molar-refractivity contribution < 1.29 is 4.74 Å². The van der Waals surface area contributed by atoms with Crippen LogP contribution in [0.5, 0.6) is 6.01 Å². The van der Waals surface area contributed by atoms with Crippen LogP contribution in [0.25, 0.3) is 0 Å². The summed E-state index contributed by atoms with van der Waals surface area (Å²) in [7, 11) is 2.14. The number of hydrogen-bond donors (Lipinski definition) is 1. The van der Waals surface area contributed by atoms with Crippen LogP contribution < -0.4 is 15.4 Å². The van der Waals surface area contributed by atoms with Gasteiger partial charge in [0.05, 0.1) is 6.10 Å². The van der Waals surface area contributed by atoms with E-state index in [9.17, 15) is 0 Å². The highest BCUT2D eigenvalue weighted by molar-refractivity contribution is 5.37. The van der Waals surface area contributed by atoms with Crippen molar-refractivity contribution in [2.45, 2.75) is 45.9 Å². The summed E-state index contributed by atoms with van der Waals surface area (Å²) in [4.78, 5) is 17.1. The van der Waals surface area contributed by atoms with Crippen LogP contribution in [0, 0.1) is 0 Å². The Labute approximate surface area is 120 Å². The second-order valence-electron chi connectivity index (χ2n) is 5.71. The Bertz CT molecular complexity index is 454. The summed E-state index contributed by atoms with van der Waals surface area (Å²) in [6.07, 6.45) is 0.00925. The maximum Gasteiger partial charge on any atom is 0.323 e. The van der Waals surface area contributed by atoms with Gasteiger partial charge in [-0.1, -0.05) is 0 Å². The van der Waals surface area contributed by atoms with Crippen LogP contribution in [0.3, 0.4) is 0 Å². The average Bonchev–Trinajstić information content (AvgIpc) is 2.33.